The first-order valence-electron chi connectivity index (χ1n) is 9.11. The number of ketones is 1. The largest absolute Gasteiger partial charge is 0.507 e. The summed E-state index contributed by atoms with van der Waals surface area (Å²) in [5.41, 5.74) is 0.431. The summed E-state index contributed by atoms with van der Waals surface area (Å²) in [5.74, 6) is -3.16. The van der Waals surface area contributed by atoms with Gasteiger partial charge in [-0.05, 0) is 24.1 Å². The zero-order valence-corrected chi connectivity index (χ0v) is 15.7. The van der Waals surface area contributed by atoms with Crippen molar-refractivity contribution in [1.82, 2.24) is 4.90 Å². The standard InChI is InChI=1S/C21H18N2O7/c24-16(25)7-4-12-22-18(13-8-10-15(11-9-13)23(29)30)17(20(27)21(22)28)19(26)14-5-2-1-3-6-14/h1-3,5-6,8-11,18,26H,4,7,12H2,(H,24,25)/t18-/m0/s1. The third-order valence-corrected chi connectivity index (χ3v) is 4.80. The lowest BCUT2D eigenvalue weighted by molar-refractivity contribution is -0.384. The maximum absolute atomic E-state index is 12.8. The van der Waals surface area contributed by atoms with Gasteiger partial charge in [-0.25, -0.2) is 0 Å². The number of aliphatic carboxylic acids is 1. The molecule has 30 heavy (non-hydrogen) atoms. The van der Waals surface area contributed by atoms with E-state index >= 15 is 0 Å². The molecular formula is C21H18N2O7. The van der Waals surface area contributed by atoms with Crippen LogP contribution in [0.15, 0.2) is 60.2 Å². The van der Waals surface area contributed by atoms with Gasteiger partial charge in [-0.2, -0.15) is 0 Å². The Hall–Kier alpha value is -4.01. The van der Waals surface area contributed by atoms with Crippen molar-refractivity contribution in [1.29, 1.82) is 0 Å². The molecule has 1 atom stereocenters. The Morgan fingerprint density at radius 1 is 1.03 bits per heavy atom. The van der Waals surface area contributed by atoms with E-state index in [0.29, 0.717) is 11.1 Å². The van der Waals surface area contributed by atoms with Crippen molar-refractivity contribution in [3.05, 3.63) is 81.4 Å². The number of nitro benzene ring substituents is 1. The van der Waals surface area contributed by atoms with Gasteiger partial charge in [0, 0.05) is 30.7 Å². The van der Waals surface area contributed by atoms with E-state index in [1.807, 2.05) is 0 Å². The summed E-state index contributed by atoms with van der Waals surface area (Å²) in [7, 11) is 0. The van der Waals surface area contributed by atoms with Gasteiger partial charge in [0.2, 0.25) is 0 Å². The van der Waals surface area contributed by atoms with Crippen LogP contribution >= 0.6 is 0 Å². The maximum atomic E-state index is 12.8. The quantitative estimate of drug-likeness (QED) is 0.235. The number of carbonyl (C=O) groups is 3. The Kier molecular flexibility index (Phi) is 5.91. The van der Waals surface area contributed by atoms with Gasteiger partial charge in [-0.3, -0.25) is 24.5 Å². The number of hydrogen-bond donors (Lipinski definition) is 2. The summed E-state index contributed by atoms with van der Waals surface area (Å²) in [4.78, 5) is 47.8. The molecule has 0 spiro atoms. The van der Waals surface area contributed by atoms with Crippen molar-refractivity contribution < 1.29 is 29.5 Å². The highest BCUT2D eigenvalue weighted by atomic mass is 16.6. The molecule has 0 unspecified atom stereocenters. The predicted molar refractivity (Wildman–Crippen MR) is 105 cm³/mol. The normalized spacial score (nSPS) is 17.9. The number of carbonyl (C=O) groups excluding carboxylic acids is 2. The molecule has 0 radical (unpaired) electrons. The van der Waals surface area contributed by atoms with Crippen molar-refractivity contribution >= 4 is 29.1 Å². The van der Waals surface area contributed by atoms with Crippen LogP contribution < -0.4 is 0 Å². The minimum absolute atomic E-state index is 0.0237. The Labute approximate surface area is 171 Å². The van der Waals surface area contributed by atoms with Crippen LogP contribution in [0.2, 0.25) is 0 Å². The minimum Gasteiger partial charge on any atom is -0.507 e. The summed E-state index contributed by atoms with van der Waals surface area (Å²) < 4.78 is 0. The van der Waals surface area contributed by atoms with E-state index in [0.717, 1.165) is 0 Å². The van der Waals surface area contributed by atoms with Crippen LogP contribution in [0.4, 0.5) is 5.69 Å². The van der Waals surface area contributed by atoms with Crippen molar-refractivity contribution in [2.75, 3.05) is 6.54 Å². The number of carboxylic acid groups (broad SMARTS) is 1. The molecule has 2 aromatic rings. The van der Waals surface area contributed by atoms with Crippen LogP contribution in [-0.4, -0.2) is 44.2 Å². The van der Waals surface area contributed by atoms with Gasteiger partial charge in [0.25, 0.3) is 17.4 Å². The fraction of sp³-hybridized carbons (Fsp3) is 0.190. The predicted octanol–water partition coefficient (Wildman–Crippen LogP) is 2.88. The van der Waals surface area contributed by atoms with Gasteiger partial charge in [-0.1, -0.05) is 30.3 Å². The van der Waals surface area contributed by atoms with Crippen LogP contribution in [0.25, 0.3) is 5.76 Å². The molecule has 1 aliphatic rings. The van der Waals surface area contributed by atoms with E-state index in [1.165, 1.54) is 29.2 Å². The summed E-state index contributed by atoms with van der Waals surface area (Å²) in [5, 5.41) is 30.6. The summed E-state index contributed by atoms with van der Waals surface area (Å²) in [6, 6.07) is 12.6. The third-order valence-electron chi connectivity index (χ3n) is 4.80. The molecule has 1 saturated heterocycles. The number of benzene rings is 2. The first-order chi connectivity index (χ1) is 14.3. The molecule has 0 saturated carbocycles. The lowest BCUT2D eigenvalue weighted by Gasteiger charge is -2.25. The number of non-ortho nitro benzene ring substituents is 1. The van der Waals surface area contributed by atoms with Gasteiger partial charge < -0.3 is 15.1 Å². The molecule has 1 heterocycles. The number of aliphatic hydroxyl groups excluding tert-OH is 1. The highest BCUT2D eigenvalue weighted by Crippen LogP contribution is 2.39. The fourth-order valence-corrected chi connectivity index (χ4v) is 3.39. The van der Waals surface area contributed by atoms with Crippen LogP contribution in [0.5, 0.6) is 0 Å². The number of aliphatic hydroxyl groups is 1. The van der Waals surface area contributed by atoms with Gasteiger partial charge in [0.15, 0.2) is 0 Å². The minimum atomic E-state index is -1.04. The average molecular weight is 410 g/mol. The van der Waals surface area contributed by atoms with E-state index in [4.69, 9.17) is 5.11 Å². The molecule has 154 valence electrons. The zero-order chi connectivity index (χ0) is 21.8. The second-order valence-electron chi connectivity index (χ2n) is 6.70. The van der Waals surface area contributed by atoms with Crippen LogP contribution in [0, 0.1) is 10.1 Å². The first kappa shape index (κ1) is 20.7. The average Bonchev–Trinajstić information content (AvgIpc) is 2.98. The molecule has 9 heteroatoms. The van der Waals surface area contributed by atoms with Crippen molar-refractivity contribution in [3.63, 3.8) is 0 Å². The van der Waals surface area contributed by atoms with E-state index in [9.17, 15) is 29.6 Å². The van der Waals surface area contributed by atoms with Gasteiger partial charge in [-0.15, -0.1) is 0 Å². The number of likely N-dealkylation sites (tertiary alicyclic amines) is 1. The van der Waals surface area contributed by atoms with Crippen molar-refractivity contribution in [3.8, 4) is 0 Å². The molecule has 0 aliphatic carbocycles. The first-order valence-corrected chi connectivity index (χ1v) is 9.11. The Morgan fingerprint density at radius 2 is 1.67 bits per heavy atom. The maximum Gasteiger partial charge on any atom is 0.303 e. The fourth-order valence-electron chi connectivity index (χ4n) is 3.39. The molecule has 9 nitrogen and oxygen atoms in total. The van der Waals surface area contributed by atoms with Gasteiger partial charge >= 0.3 is 5.97 Å². The molecule has 3 rings (SSSR count). The molecule has 1 aliphatic heterocycles. The number of nitrogens with zero attached hydrogens (tertiary/aromatic N) is 2. The smallest absolute Gasteiger partial charge is 0.303 e. The van der Waals surface area contributed by atoms with Crippen LogP contribution in [-0.2, 0) is 14.4 Å². The van der Waals surface area contributed by atoms with E-state index in [-0.39, 0.29) is 36.4 Å². The molecule has 1 amide bonds. The lowest BCUT2D eigenvalue weighted by atomic mass is 9.95. The van der Waals surface area contributed by atoms with Crippen molar-refractivity contribution in [2.45, 2.75) is 18.9 Å². The highest BCUT2D eigenvalue weighted by Gasteiger charge is 2.45. The Balaban J connectivity index is 2.09. The number of rotatable bonds is 7. The lowest BCUT2D eigenvalue weighted by Crippen LogP contribution is -2.31. The topological polar surface area (TPSA) is 138 Å². The van der Waals surface area contributed by atoms with Gasteiger partial charge in [0.05, 0.1) is 16.5 Å². The van der Waals surface area contributed by atoms with E-state index < -0.39 is 28.6 Å². The number of hydrogen-bond acceptors (Lipinski definition) is 6. The van der Waals surface area contributed by atoms with Crippen molar-refractivity contribution in [2.24, 2.45) is 0 Å². The van der Waals surface area contributed by atoms with Crippen LogP contribution in [0.1, 0.15) is 30.0 Å². The monoisotopic (exact) mass is 410 g/mol. The van der Waals surface area contributed by atoms with E-state index in [2.05, 4.69) is 0 Å². The second-order valence-corrected chi connectivity index (χ2v) is 6.70. The highest BCUT2D eigenvalue weighted by molar-refractivity contribution is 6.46. The summed E-state index contributed by atoms with van der Waals surface area (Å²) in [6.45, 7) is -0.0237. The molecule has 1 fully saturated rings. The Morgan fingerprint density at radius 3 is 2.23 bits per heavy atom. The van der Waals surface area contributed by atoms with Crippen LogP contribution in [0.3, 0.4) is 0 Å². The summed E-state index contributed by atoms with van der Waals surface area (Å²) in [6.07, 6.45) is -0.0914. The zero-order valence-electron chi connectivity index (χ0n) is 15.7. The van der Waals surface area contributed by atoms with Gasteiger partial charge in [0.1, 0.15) is 5.76 Å². The number of nitro groups is 1. The molecule has 2 N–H and O–H groups in total. The molecule has 0 aromatic heterocycles. The Bertz CT molecular complexity index is 1030. The SMILES string of the molecule is O=C(O)CCCN1C(=O)C(=O)C(=C(O)c2ccccc2)[C@@H]1c1ccc([N+](=O)[O-])cc1. The third kappa shape index (κ3) is 4.04. The summed E-state index contributed by atoms with van der Waals surface area (Å²) >= 11 is 0. The molecule has 0 bridgehead atoms. The second kappa shape index (κ2) is 8.56. The molecule has 2 aromatic carbocycles. The number of Topliss-reactive ketones (excluding diaryl/α,β-unsaturated/α-hetero) is 1. The number of carboxylic acids is 1. The molecular weight excluding hydrogens is 392 g/mol. The number of amides is 1. The van der Waals surface area contributed by atoms with E-state index in [1.54, 1.807) is 30.3 Å².